The monoisotopic (exact) mass is 349 g/mol. The molecule has 4 heteroatoms. The highest BCUT2D eigenvalue weighted by Gasteiger charge is 2.17. The van der Waals surface area contributed by atoms with Gasteiger partial charge in [0, 0.05) is 12.1 Å². The molecule has 4 nitrogen and oxygen atoms in total. The fourth-order valence-corrected chi connectivity index (χ4v) is 3.23. The molecular formula is C22H27N3O. The first-order chi connectivity index (χ1) is 12.6. The van der Waals surface area contributed by atoms with Gasteiger partial charge < -0.3 is 15.0 Å². The highest BCUT2D eigenvalue weighted by atomic mass is 16.5. The third-order valence-electron chi connectivity index (χ3n) is 4.48. The molecule has 0 aliphatic heterocycles. The van der Waals surface area contributed by atoms with E-state index in [-0.39, 0.29) is 0 Å². The molecule has 0 aliphatic carbocycles. The zero-order valence-corrected chi connectivity index (χ0v) is 15.8. The number of benzene rings is 2. The molecule has 0 fully saturated rings. The number of methoxy groups -OCH3 is 1. The van der Waals surface area contributed by atoms with Crippen LogP contribution in [0.25, 0.3) is 0 Å². The maximum absolute atomic E-state index is 6.31. The third kappa shape index (κ3) is 4.26. The van der Waals surface area contributed by atoms with E-state index in [0.717, 1.165) is 29.8 Å². The number of hydrogen-bond acceptors (Lipinski definition) is 3. The molecule has 1 aromatic heterocycles. The molecule has 3 rings (SSSR count). The lowest BCUT2D eigenvalue weighted by Gasteiger charge is -2.14. The van der Waals surface area contributed by atoms with E-state index in [1.165, 1.54) is 11.3 Å². The summed E-state index contributed by atoms with van der Waals surface area (Å²) in [6.45, 7) is 5.16. The largest absolute Gasteiger partial charge is 0.497 e. The molecule has 0 aliphatic rings. The van der Waals surface area contributed by atoms with E-state index in [9.17, 15) is 0 Å². The fourth-order valence-electron chi connectivity index (χ4n) is 3.23. The van der Waals surface area contributed by atoms with E-state index in [4.69, 9.17) is 15.5 Å². The number of aromatic nitrogens is 2. The quantitative estimate of drug-likeness (QED) is 0.691. The minimum Gasteiger partial charge on any atom is -0.497 e. The van der Waals surface area contributed by atoms with Crippen molar-refractivity contribution in [2.75, 3.05) is 12.8 Å². The van der Waals surface area contributed by atoms with Crippen LogP contribution >= 0.6 is 0 Å². The van der Waals surface area contributed by atoms with E-state index >= 15 is 0 Å². The van der Waals surface area contributed by atoms with Gasteiger partial charge in [0.2, 0.25) is 5.95 Å². The lowest BCUT2D eigenvalue weighted by Crippen LogP contribution is -2.11. The Morgan fingerprint density at radius 1 is 1.04 bits per heavy atom. The van der Waals surface area contributed by atoms with Gasteiger partial charge in [0.15, 0.2) is 0 Å². The predicted octanol–water partition coefficient (Wildman–Crippen LogP) is 4.31. The maximum atomic E-state index is 6.31. The normalized spacial score (nSPS) is 11.1. The molecule has 0 unspecified atom stereocenters. The van der Waals surface area contributed by atoms with Gasteiger partial charge in [-0.15, -0.1) is 0 Å². The summed E-state index contributed by atoms with van der Waals surface area (Å²) in [5.41, 5.74) is 11.0. The highest BCUT2D eigenvalue weighted by Crippen LogP contribution is 2.23. The standard InChI is InChI=1S/C22H27N3O/c1-16(2)12-21-20(14-17-8-5-4-6-9-17)24-22(23)25(21)15-18-10-7-11-19(13-18)26-3/h4-11,13,16H,12,14-15H2,1-3H3,(H2,23,24). The van der Waals surface area contributed by atoms with Gasteiger partial charge >= 0.3 is 0 Å². The van der Waals surface area contributed by atoms with Crippen LogP contribution in [0.5, 0.6) is 5.75 Å². The lowest BCUT2D eigenvalue weighted by atomic mass is 10.0. The van der Waals surface area contributed by atoms with Gasteiger partial charge in [0.05, 0.1) is 19.3 Å². The van der Waals surface area contributed by atoms with Crippen molar-refractivity contribution < 1.29 is 4.74 Å². The second kappa shape index (κ2) is 8.09. The number of rotatable bonds is 7. The zero-order chi connectivity index (χ0) is 18.5. The van der Waals surface area contributed by atoms with Gasteiger partial charge in [-0.1, -0.05) is 56.3 Å². The molecule has 0 bridgehead atoms. The van der Waals surface area contributed by atoms with Crippen LogP contribution in [0.2, 0.25) is 0 Å². The number of nitrogens with zero attached hydrogens (tertiary/aromatic N) is 2. The number of hydrogen-bond donors (Lipinski definition) is 1. The fraction of sp³-hybridized carbons (Fsp3) is 0.318. The van der Waals surface area contributed by atoms with E-state index in [1.54, 1.807) is 7.11 Å². The number of nitrogens with two attached hydrogens (primary N) is 1. The summed E-state index contributed by atoms with van der Waals surface area (Å²) in [4.78, 5) is 4.71. The number of imidazole rings is 1. The molecular weight excluding hydrogens is 322 g/mol. The molecule has 0 saturated carbocycles. The van der Waals surface area contributed by atoms with Crippen molar-refractivity contribution in [3.8, 4) is 5.75 Å². The molecule has 0 saturated heterocycles. The third-order valence-corrected chi connectivity index (χ3v) is 4.48. The Morgan fingerprint density at radius 2 is 1.77 bits per heavy atom. The minimum atomic E-state index is 0.532. The first kappa shape index (κ1) is 18.1. The summed E-state index contributed by atoms with van der Waals surface area (Å²) in [5, 5.41) is 0. The average Bonchev–Trinajstić information content (AvgIpc) is 2.91. The van der Waals surface area contributed by atoms with E-state index in [2.05, 4.69) is 54.8 Å². The van der Waals surface area contributed by atoms with E-state index in [1.807, 2.05) is 18.2 Å². The van der Waals surface area contributed by atoms with Crippen LogP contribution in [0.3, 0.4) is 0 Å². The SMILES string of the molecule is COc1cccc(Cn2c(N)nc(Cc3ccccc3)c2CC(C)C)c1. The molecule has 26 heavy (non-hydrogen) atoms. The molecule has 0 spiro atoms. The number of ether oxygens (including phenoxy) is 1. The average molecular weight is 349 g/mol. The summed E-state index contributed by atoms with van der Waals surface area (Å²) in [5.74, 6) is 1.97. The van der Waals surface area contributed by atoms with Crippen molar-refractivity contribution in [3.63, 3.8) is 0 Å². The van der Waals surface area contributed by atoms with Gasteiger partial charge in [-0.2, -0.15) is 0 Å². The summed E-state index contributed by atoms with van der Waals surface area (Å²) < 4.78 is 7.49. The van der Waals surface area contributed by atoms with Gasteiger partial charge in [-0.25, -0.2) is 4.98 Å². The molecule has 0 amide bonds. The van der Waals surface area contributed by atoms with Gasteiger partial charge in [0.25, 0.3) is 0 Å². The van der Waals surface area contributed by atoms with Crippen LogP contribution in [0.1, 0.15) is 36.4 Å². The molecule has 1 heterocycles. The van der Waals surface area contributed by atoms with Crippen LogP contribution in [0.15, 0.2) is 54.6 Å². The molecule has 0 radical (unpaired) electrons. The second-order valence-corrected chi connectivity index (χ2v) is 7.06. The number of anilines is 1. The van der Waals surface area contributed by atoms with E-state index < -0.39 is 0 Å². The van der Waals surface area contributed by atoms with Gasteiger partial charge in [-0.05, 0) is 35.6 Å². The number of nitrogen functional groups attached to an aromatic ring is 1. The first-order valence-corrected chi connectivity index (χ1v) is 9.07. The van der Waals surface area contributed by atoms with Crippen LogP contribution in [-0.4, -0.2) is 16.7 Å². The van der Waals surface area contributed by atoms with Gasteiger partial charge in [0.1, 0.15) is 5.75 Å². The topological polar surface area (TPSA) is 53.1 Å². The van der Waals surface area contributed by atoms with Crippen LogP contribution in [0, 0.1) is 5.92 Å². The van der Waals surface area contributed by atoms with Crippen molar-refractivity contribution in [1.29, 1.82) is 0 Å². The molecule has 3 aromatic rings. The second-order valence-electron chi connectivity index (χ2n) is 7.06. The predicted molar refractivity (Wildman–Crippen MR) is 107 cm³/mol. The van der Waals surface area contributed by atoms with Crippen molar-refractivity contribution in [3.05, 3.63) is 77.1 Å². The Bertz CT molecular complexity index is 853. The van der Waals surface area contributed by atoms with Crippen LogP contribution < -0.4 is 10.5 Å². The Balaban J connectivity index is 1.95. The highest BCUT2D eigenvalue weighted by molar-refractivity contribution is 5.36. The van der Waals surface area contributed by atoms with E-state index in [0.29, 0.717) is 18.4 Å². The Kier molecular flexibility index (Phi) is 5.61. The van der Waals surface area contributed by atoms with Crippen molar-refractivity contribution in [2.24, 2.45) is 5.92 Å². The Hall–Kier alpha value is -2.75. The van der Waals surface area contributed by atoms with Crippen molar-refractivity contribution in [2.45, 2.75) is 33.2 Å². The Morgan fingerprint density at radius 3 is 2.46 bits per heavy atom. The molecule has 0 atom stereocenters. The van der Waals surface area contributed by atoms with Crippen LogP contribution in [-0.2, 0) is 19.4 Å². The van der Waals surface area contributed by atoms with Crippen molar-refractivity contribution in [1.82, 2.24) is 9.55 Å². The summed E-state index contributed by atoms with van der Waals surface area (Å²) in [6.07, 6.45) is 1.76. The van der Waals surface area contributed by atoms with Gasteiger partial charge in [-0.3, -0.25) is 0 Å². The van der Waals surface area contributed by atoms with Crippen molar-refractivity contribution >= 4 is 5.95 Å². The zero-order valence-electron chi connectivity index (χ0n) is 15.8. The molecule has 136 valence electrons. The molecule has 2 N–H and O–H groups in total. The maximum Gasteiger partial charge on any atom is 0.200 e. The molecule has 2 aromatic carbocycles. The summed E-state index contributed by atoms with van der Waals surface area (Å²) in [7, 11) is 1.69. The minimum absolute atomic E-state index is 0.532. The smallest absolute Gasteiger partial charge is 0.200 e. The summed E-state index contributed by atoms with van der Waals surface area (Å²) in [6, 6.07) is 18.5. The Labute approximate surface area is 155 Å². The summed E-state index contributed by atoms with van der Waals surface area (Å²) >= 11 is 0. The lowest BCUT2D eigenvalue weighted by molar-refractivity contribution is 0.414. The first-order valence-electron chi connectivity index (χ1n) is 9.07. The van der Waals surface area contributed by atoms with Crippen LogP contribution in [0.4, 0.5) is 5.95 Å².